The van der Waals surface area contributed by atoms with Crippen LogP contribution in [0.1, 0.15) is 16.1 Å². The molecule has 0 radical (unpaired) electrons. The molecule has 0 saturated carbocycles. The first-order valence-electron chi connectivity index (χ1n) is 7.16. The van der Waals surface area contributed by atoms with Gasteiger partial charge in [-0.25, -0.2) is 4.39 Å². The van der Waals surface area contributed by atoms with Gasteiger partial charge in [0.25, 0.3) is 5.91 Å². The molecule has 0 spiro atoms. The molecule has 1 amide bonds. The lowest BCUT2D eigenvalue weighted by atomic mass is 10.1. The Kier molecular flexibility index (Phi) is 4.19. The zero-order valence-corrected chi connectivity index (χ0v) is 12.6. The maximum Gasteiger partial charge on any atom is 0.276 e. The van der Waals surface area contributed by atoms with Gasteiger partial charge in [0.1, 0.15) is 5.82 Å². The molecule has 0 atom stereocenters. The van der Waals surface area contributed by atoms with Crippen molar-refractivity contribution in [2.45, 2.75) is 6.54 Å². The van der Waals surface area contributed by atoms with Crippen LogP contribution in [0.4, 0.5) is 4.39 Å². The van der Waals surface area contributed by atoms with Gasteiger partial charge in [-0.15, -0.1) is 0 Å². The molecule has 0 aliphatic carbocycles. The summed E-state index contributed by atoms with van der Waals surface area (Å²) in [7, 11) is 1.60. The van der Waals surface area contributed by atoms with Gasteiger partial charge in [0.15, 0.2) is 11.5 Å². The Morgan fingerprint density at radius 2 is 1.83 bits per heavy atom. The zero-order chi connectivity index (χ0) is 16.2. The minimum absolute atomic E-state index is 0.166. The Balaban J connectivity index is 1.76. The van der Waals surface area contributed by atoms with Gasteiger partial charge in [-0.05, 0) is 6.07 Å². The number of amides is 1. The van der Waals surface area contributed by atoms with Crippen molar-refractivity contribution in [1.82, 2.24) is 10.1 Å². The molecule has 3 aromatic rings. The van der Waals surface area contributed by atoms with E-state index in [1.807, 2.05) is 30.3 Å². The standard InChI is InChI=1S/C18H15FN2O2/c1-21(12-14-9-5-6-10-15(14)19)18(22)16-11-17(23-20-16)13-7-3-2-4-8-13/h2-11H,12H2,1H3. The van der Waals surface area contributed by atoms with Crippen molar-refractivity contribution in [3.63, 3.8) is 0 Å². The summed E-state index contributed by atoms with van der Waals surface area (Å²) < 4.78 is 18.9. The summed E-state index contributed by atoms with van der Waals surface area (Å²) in [6.07, 6.45) is 0. The van der Waals surface area contributed by atoms with Gasteiger partial charge in [0.2, 0.25) is 0 Å². The largest absolute Gasteiger partial charge is 0.355 e. The van der Waals surface area contributed by atoms with E-state index in [2.05, 4.69) is 5.16 Å². The van der Waals surface area contributed by atoms with Crippen molar-refractivity contribution in [2.75, 3.05) is 7.05 Å². The molecular weight excluding hydrogens is 295 g/mol. The van der Waals surface area contributed by atoms with Crippen LogP contribution in [0.25, 0.3) is 11.3 Å². The van der Waals surface area contributed by atoms with Crippen LogP contribution in [0, 0.1) is 5.82 Å². The number of halogens is 1. The summed E-state index contributed by atoms with van der Waals surface area (Å²) in [5.74, 6) is -0.135. The fourth-order valence-corrected chi connectivity index (χ4v) is 2.26. The van der Waals surface area contributed by atoms with Crippen molar-refractivity contribution in [3.8, 4) is 11.3 Å². The van der Waals surface area contributed by atoms with Crippen LogP contribution >= 0.6 is 0 Å². The van der Waals surface area contributed by atoms with Gasteiger partial charge in [-0.1, -0.05) is 53.7 Å². The molecule has 4 nitrogen and oxygen atoms in total. The second kappa shape index (κ2) is 6.44. The molecule has 2 aromatic carbocycles. The second-order valence-corrected chi connectivity index (χ2v) is 5.20. The highest BCUT2D eigenvalue weighted by Crippen LogP contribution is 2.20. The van der Waals surface area contributed by atoms with E-state index < -0.39 is 0 Å². The monoisotopic (exact) mass is 310 g/mol. The highest BCUT2D eigenvalue weighted by molar-refractivity contribution is 5.92. The SMILES string of the molecule is CN(Cc1ccccc1F)C(=O)c1cc(-c2ccccc2)on1. The molecule has 3 rings (SSSR count). The number of rotatable bonds is 4. The lowest BCUT2D eigenvalue weighted by molar-refractivity contribution is 0.0773. The Morgan fingerprint density at radius 3 is 2.57 bits per heavy atom. The molecule has 0 aliphatic heterocycles. The fraction of sp³-hybridized carbons (Fsp3) is 0.111. The van der Waals surface area contributed by atoms with Crippen molar-refractivity contribution < 1.29 is 13.7 Å². The molecule has 5 heteroatoms. The highest BCUT2D eigenvalue weighted by Gasteiger charge is 2.18. The lowest BCUT2D eigenvalue weighted by Crippen LogP contribution is -2.26. The number of carbonyl (C=O) groups excluding carboxylic acids is 1. The van der Waals surface area contributed by atoms with Gasteiger partial charge in [0.05, 0.1) is 0 Å². The van der Waals surface area contributed by atoms with Gasteiger partial charge >= 0.3 is 0 Å². The Hall–Kier alpha value is -2.95. The molecule has 0 N–H and O–H groups in total. The van der Waals surface area contributed by atoms with Gasteiger partial charge in [0, 0.05) is 30.8 Å². The Labute approximate surface area is 133 Å². The first-order valence-corrected chi connectivity index (χ1v) is 7.16. The van der Waals surface area contributed by atoms with Crippen LogP contribution in [0.5, 0.6) is 0 Å². The van der Waals surface area contributed by atoms with Gasteiger partial charge in [-0.2, -0.15) is 0 Å². The number of nitrogens with zero attached hydrogens (tertiary/aromatic N) is 2. The first kappa shape index (κ1) is 15.0. The molecule has 0 fully saturated rings. The van der Waals surface area contributed by atoms with E-state index in [1.165, 1.54) is 11.0 Å². The van der Waals surface area contributed by atoms with Crippen molar-refractivity contribution in [2.24, 2.45) is 0 Å². The molecule has 116 valence electrons. The first-order chi connectivity index (χ1) is 11.1. The average Bonchev–Trinajstić information content (AvgIpc) is 3.07. The third kappa shape index (κ3) is 3.29. The molecule has 0 saturated heterocycles. The number of aromatic nitrogens is 1. The molecule has 1 aromatic heterocycles. The molecule has 23 heavy (non-hydrogen) atoms. The van der Waals surface area contributed by atoms with Crippen LogP contribution in [-0.2, 0) is 6.54 Å². The summed E-state index contributed by atoms with van der Waals surface area (Å²) in [6, 6.07) is 17.4. The predicted octanol–water partition coefficient (Wildman–Crippen LogP) is 3.75. The minimum atomic E-state index is -0.336. The van der Waals surface area contributed by atoms with Crippen molar-refractivity contribution in [3.05, 3.63) is 77.7 Å². The maximum absolute atomic E-state index is 13.7. The predicted molar refractivity (Wildman–Crippen MR) is 84.1 cm³/mol. The maximum atomic E-state index is 13.7. The average molecular weight is 310 g/mol. The van der Waals surface area contributed by atoms with Crippen molar-refractivity contribution in [1.29, 1.82) is 0 Å². The summed E-state index contributed by atoms with van der Waals surface area (Å²) in [4.78, 5) is 13.8. The summed E-state index contributed by atoms with van der Waals surface area (Å²) in [5, 5.41) is 3.82. The quantitative estimate of drug-likeness (QED) is 0.737. The molecular formula is C18H15FN2O2. The molecule has 1 heterocycles. The van der Waals surface area contributed by atoms with Crippen LogP contribution in [0.15, 0.2) is 65.2 Å². The van der Waals surface area contributed by atoms with E-state index in [9.17, 15) is 9.18 Å². The normalized spacial score (nSPS) is 10.5. The lowest BCUT2D eigenvalue weighted by Gasteiger charge is -2.15. The summed E-state index contributed by atoms with van der Waals surface area (Å²) >= 11 is 0. The van der Waals surface area contributed by atoms with E-state index in [1.54, 1.807) is 31.3 Å². The summed E-state index contributed by atoms with van der Waals surface area (Å²) in [6.45, 7) is 0.166. The van der Waals surface area contributed by atoms with Crippen LogP contribution in [-0.4, -0.2) is 23.0 Å². The zero-order valence-electron chi connectivity index (χ0n) is 12.6. The minimum Gasteiger partial charge on any atom is -0.355 e. The third-order valence-corrected chi connectivity index (χ3v) is 3.50. The van der Waals surface area contributed by atoms with Crippen LogP contribution in [0.3, 0.4) is 0 Å². The van der Waals surface area contributed by atoms with Crippen LogP contribution in [0.2, 0.25) is 0 Å². The van der Waals surface area contributed by atoms with Gasteiger partial charge < -0.3 is 9.42 Å². The topological polar surface area (TPSA) is 46.3 Å². The van der Waals surface area contributed by atoms with Crippen LogP contribution < -0.4 is 0 Å². The molecule has 0 unspecified atom stereocenters. The number of hydrogen-bond acceptors (Lipinski definition) is 3. The van der Waals surface area contributed by atoms with E-state index in [-0.39, 0.29) is 24.0 Å². The van der Waals surface area contributed by atoms with E-state index in [0.717, 1.165) is 5.56 Å². The summed E-state index contributed by atoms with van der Waals surface area (Å²) in [5.41, 5.74) is 1.49. The second-order valence-electron chi connectivity index (χ2n) is 5.20. The fourth-order valence-electron chi connectivity index (χ4n) is 2.26. The number of carbonyl (C=O) groups is 1. The highest BCUT2D eigenvalue weighted by atomic mass is 19.1. The Bertz CT molecular complexity index is 815. The third-order valence-electron chi connectivity index (χ3n) is 3.50. The Morgan fingerprint density at radius 1 is 1.13 bits per heavy atom. The number of hydrogen-bond donors (Lipinski definition) is 0. The molecule has 0 bridgehead atoms. The van der Waals surface area contributed by atoms with E-state index >= 15 is 0 Å². The van der Waals surface area contributed by atoms with E-state index in [4.69, 9.17) is 4.52 Å². The molecule has 0 aliphatic rings. The van der Waals surface area contributed by atoms with Gasteiger partial charge in [-0.3, -0.25) is 4.79 Å². The van der Waals surface area contributed by atoms with Crippen molar-refractivity contribution >= 4 is 5.91 Å². The number of benzene rings is 2. The smallest absolute Gasteiger partial charge is 0.276 e. The van der Waals surface area contributed by atoms with E-state index in [0.29, 0.717) is 11.3 Å².